The van der Waals surface area contributed by atoms with E-state index in [1.807, 2.05) is 18.2 Å². The molecule has 0 radical (unpaired) electrons. The van der Waals surface area contributed by atoms with E-state index in [9.17, 15) is 4.79 Å². The number of ether oxygens (including phenoxy) is 1. The molecule has 156 valence electrons. The van der Waals surface area contributed by atoms with E-state index < -0.39 is 0 Å². The molecule has 0 saturated carbocycles. The van der Waals surface area contributed by atoms with Crippen LogP contribution in [0, 0.1) is 0 Å². The van der Waals surface area contributed by atoms with Crippen LogP contribution in [-0.2, 0) is 6.54 Å². The molecule has 30 heavy (non-hydrogen) atoms. The molecule has 1 aliphatic heterocycles. The third kappa shape index (κ3) is 5.09. The zero-order valence-corrected chi connectivity index (χ0v) is 16.9. The van der Waals surface area contributed by atoms with Gasteiger partial charge in [0, 0.05) is 44.0 Å². The van der Waals surface area contributed by atoms with Crippen LogP contribution in [0.15, 0.2) is 65.6 Å². The largest absolute Gasteiger partial charge is 0.497 e. The highest BCUT2D eigenvalue weighted by atomic mass is 16.5. The van der Waals surface area contributed by atoms with Gasteiger partial charge in [0.05, 0.1) is 31.5 Å². The van der Waals surface area contributed by atoms with Crippen LogP contribution in [0.25, 0.3) is 0 Å². The van der Waals surface area contributed by atoms with Gasteiger partial charge in [-0.3, -0.25) is 4.90 Å². The molecule has 3 aromatic rings. The minimum absolute atomic E-state index is 0.317. The number of urea groups is 1. The summed E-state index contributed by atoms with van der Waals surface area (Å²) in [4.78, 5) is 21.4. The Morgan fingerprint density at radius 1 is 1.03 bits per heavy atom. The zero-order chi connectivity index (χ0) is 20.8. The number of anilines is 3. The number of carbonyl (C=O) groups excluding carboxylic acids is 1. The molecule has 3 heterocycles. The van der Waals surface area contributed by atoms with E-state index in [1.54, 1.807) is 50.1 Å². The molecule has 1 aromatic carbocycles. The molecular weight excluding hydrogens is 382 g/mol. The molecule has 1 fully saturated rings. The van der Waals surface area contributed by atoms with Crippen molar-refractivity contribution in [3.63, 3.8) is 0 Å². The summed E-state index contributed by atoms with van der Waals surface area (Å²) in [6, 6.07) is 12.6. The summed E-state index contributed by atoms with van der Waals surface area (Å²) in [6.45, 7) is 4.67. The summed E-state index contributed by atoms with van der Waals surface area (Å²) in [6.07, 6.45) is 5.19. The SMILES string of the molecule is COc1ccc(NC(=O)Nc2ccc(N3CCN(Cc4ccoc4)CC3)nc2)cc1. The quantitative estimate of drug-likeness (QED) is 0.649. The van der Waals surface area contributed by atoms with E-state index >= 15 is 0 Å². The van der Waals surface area contributed by atoms with Gasteiger partial charge in [0.15, 0.2) is 0 Å². The third-order valence-corrected chi connectivity index (χ3v) is 5.04. The fourth-order valence-corrected chi connectivity index (χ4v) is 3.39. The lowest BCUT2D eigenvalue weighted by atomic mass is 10.2. The molecule has 0 spiro atoms. The number of hydrogen-bond acceptors (Lipinski definition) is 6. The van der Waals surface area contributed by atoms with Gasteiger partial charge in [0.25, 0.3) is 0 Å². The van der Waals surface area contributed by atoms with Gasteiger partial charge in [0.2, 0.25) is 0 Å². The second-order valence-corrected chi connectivity index (χ2v) is 7.11. The molecule has 8 heteroatoms. The molecule has 0 bridgehead atoms. The number of rotatable bonds is 6. The van der Waals surface area contributed by atoms with Gasteiger partial charge in [0.1, 0.15) is 11.6 Å². The first-order chi connectivity index (χ1) is 14.7. The number of piperazine rings is 1. The summed E-state index contributed by atoms with van der Waals surface area (Å²) in [5.74, 6) is 1.65. The molecule has 0 unspecified atom stereocenters. The number of benzene rings is 1. The number of nitrogens with one attached hydrogen (secondary N) is 2. The van der Waals surface area contributed by atoms with Crippen LogP contribution in [0.2, 0.25) is 0 Å². The molecule has 1 saturated heterocycles. The fourth-order valence-electron chi connectivity index (χ4n) is 3.39. The van der Waals surface area contributed by atoms with Crippen molar-refractivity contribution in [1.29, 1.82) is 0 Å². The second kappa shape index (κ2) is 9.32. The molecule has 2 amide bonds. The fraction of sp³-hybridized carbons (Fsp3) is 0.273. The summed E-state index contributed by atoms with van der Waals surface area (Å²) in [7, 11) is 1.60. The Kier molecular flexibility index (Phi) is 6.14. The maximum atomic E-state index is 12.2. The average molecular weight is 407 g/mol. The number of carbonyl (C=O) groups is 1. The van der Waals surface area contributed by atoms with Crippen LogP contribution >= 0.6 is 0 Å². The molecule has 2 N–H and O–H groups in total. The van der Waals surface area contributed by atoms with Gasteiger partial charge >= 0.3 is 6.03 Å². The van der Waals surface area contributed by atoms with Crippen molar-refractivity contribution in [2.75, 3.05) is 48.8 Å². The number of pyridine rings is 1. The predicted octanol–water partition coefficient (Wildman–Crippen LogP) is 3.65. The van der Waals surface area contributed by atoms with Crippen molar-refractivity contribution in [3.05, 3.63) is 66.8 Å². The van der Waals surface area contributed by atoms with E-state index in [-0.39, 0.29) is 6.03 Å². The van der Waals surface area contributed by atoms with Crippen molar-refractivity contribution >= 4 is 23.2 Å². The smallest absolute Gasteiger partial charge is 0.323 e. The van der Waals surface area contributed by atoms with Crippen LogP contribution in [0.1, 0.15) is 5.56 Å². The van der Waals surface area contributed by atoms with Gasteiger partial charge in [-0.1, -0.05) is 0 Å². The number of furan rings is 1. The van der Waals surface area contributed by atoms with Gasteiger partial charge in [-0.2, -0.15) is 0 Å². The van der Waals surface area contributed by atoms with E-state index in [2.05, 4.69) is 25.4 Å². The minimum Gasteiger partial charge on any atom is -0.497 e. The average Bonchev–Trinajstić information content (AvgIpc) is 3.28. The van der Waals surface area contributed by atoms with Crippen molar-refractivity contribution < 1.29 is 13.9 Å². The zero-order valence-electron chi connectivity index (χ0n) is 16.9. The van der Waals surface area contributed by atoms with E-state index in [4.69, 9.17) is 9.15 Å². The summed E-state index contributed by atoms with van der Waals surface area (Å²) in [5, 5.41) is 5.59. The second-order valence-electron chi connectivity index (χ2n) is 7.11. The van der Waals surface area contributed by atoms with E-state index in [0.29, 0.717) is 11.4 Å². The van der Waals surface area contributed by atoms with Crippen LogP contribution in [-0.4, -0.2) is 49.2 Å². The standard InChI is InChI=1S/C22H25N5O3/c1-29-20-5-2-18(3-6-20)24-22(28)25-19-4-7-21(23-14-19)27-11-9-26(10-12-27)15-17-8-13-30-16-17/h2-8,13-14,16H,9-12,15H2,1H3,(H2,24,25,28). The first-order valence-electron chi connectivity index (χ1n) is 9.86. The summed E-state index contributed by atoms with van der Waals surface area (Å²) < 4.78 is 10.3. The molecule has 1 aliphatic rings. The van der Waals surface area contributed by atoms with Crippen LogP contribution in [0.5, 0.6) is 5.75 Å². The predicted molar refractivity (Wildman–Crippen MR) is 116 cm³/mol. The normalized spacial score (nSPS) is 14.4. The Balaban J connectivity index is 1.26. The third-order valence-electron chi connectivity index (χ3n) is 5.04. The Hall–Kier alpha value is -3.52. The Morgan fingerprint density at radius 2 is 1.77 bits per heavy atom. The summed E-state index contributed by atoms with van der Waals surface area (Å²) >= 11 is 0. The van der Waals surface area contributed by atoms with Crippen molar-refractivity contribution in [1.82, 2.24) is 9.88 Å². The molecule has 0 aliphatic carbocycles. The van der Waals surface area contributed by atoms with Gasteiger partial charge in [-0.25, -0.2) is 9.78 Å². The van der Waals surface area contributed by atoms with Crippen molar-refractivity contribution in [2.24, 2.45) is 0 Å². The van der Waals surface area contributed by atoms with Crippen LogP contribution < -0.4 is 20.3 Å². The van der Waals surface area contributed by atoms with E-state index in [1.165, 1.54) is 5.56 Å². The lowest BCUT2D eigenvalue weighted by Gasteiger charge is -2.35. The van der Waals surface area contributed by atoms with Crippen molar-refractivity contribution in [3.8, 4) is 5.75 Å². The molecule has 8 nitrogen and oxygen atoms in total. The van der Waals surface area contributed by atoms with E-state index in [0.717, 1.165) is 44.3 Å². The first-order valence-corrected chi connectivity index (χ1v) is 9.86. The van der Waals surface area contributed by atoms with Crippen molar-refractivity contribution in [2.45, 2.75) is 6.54 Å². The highest BCUT2D eigenvalue weighted by Crippen LogP contribution is 2.18. The highest BCUT2D eigenvalue weighted by Gasteiger charge is 2.18. The molecular formula is C22H25N5O3. The number of methoxy groups -OCH3 is 1. The number of aromatic nitrogens is 1. The number of hydrogen-bond donors (Lipinski definition) is 2. The molecule has 4 rings (SSSR count). The Labute approximate surface area is 175 Å². The Bertz CT molecular complexity index is 934. The van der Waals surface area contributed by atoms with Gasteiger partial charge in [-0.15, -0.1) is 0 Å². The van der Waals surface area contributed by atoms with Gasteiger partial charge in [-0.05, 0) is 42.5 Å². The lowest BCUT2D eigenvalue weighted by Crippen LogP contribution is -2.46. The topological polar surface area (TPSA) is 82.9 Å². The van der Waals surface area contributed by atoms with Gasteiger partial charge < -0.3 is 24.7 Å². The molecule has 0 atom stereocenters. The maximum Gasteiger partial charge on any atom is 0.323 e. The lowest BCUT2D eigenvalue weighted by molar-refractivity contribution is 0.248. The maximum absolute atomic E-state index is 12.2. The highest BCUT2D eigenvalue weighted by molar-refractivity contribution is 5.99. The number of amides is 2. The first kappa shape index (κ1) is 19.8. The minimum atomic E-state index is -0.317. The van der Waals surface area contributed by atoms with Crippen LogP contribution in [0.3, 0.4) is 0 Å². The monoisotopic (exact) mass is 407 g/mol. The van der Waals surface area contributed by atoms with Crippen LogP contribution in [0.4, 0.5) is 22.0 Å². The molecule has 2 aromatic heterocycles. The number of nitrogens with zero attached hydrogens (tertiary/aromatic N) is 3. The Morgan fingerprint density at radius 3 is 2.40 bits per heavy atom. The summed E-state index contributed by atoms with van der Waals surface area (Å²) in [5.41, 5.74) is 2.53.